The second kappa shape index (κ2) is 7.80. The van der Waals surface area contributed by atoms with Crippen LogP contribution in [-0.2, 0) is 17.6 Å². The molecular weight excluding hydrogens is 360 g/mol. The summed E-state index contributed by atoms with van der Waals surface area (Å²) >= 11 is 0. The second-order valence-corrected chi connectivity index (χ2v) is 7.10. The van der Waals surface area contributed by atoms with Crippen LogP contribution in [-0.4, -0.2) is 36.9 Å². The Balaban J connectivity index is 1.81. The molecule has 7 heteroatoms. The smallest absolute Gasteiger partial charge is 0.341 e. The van der Waals surface area contributed by atoms with E-state index in [1.807, 2.05) is 12.1 Å². The number of fused-ring (bicyclic) bond motifs is 1. The number of nitro benzene ring substituents is 1. The first-order valence-electron chi connectivity index (χ1n) is 9.10. The average Bonchev–Trinajstić information content (AvgIpc) is 3.14. The molecule has 0 unspecified atom stereocenters. The standard InChI is InChI=1S/C21H22N2O5/c1-13(20(24)16-8-7-14-5-4-6-15(14)11-16)28-21(25)18-12-17(23(26)27)9-10-19(18)22(2)3/h7-13H,4-6H2,1-3H3/t13-/m1/s1. The molecule has 1 aliphatic rings. The van der Waals surface area contributed by atoms with Crippen molar-refractivity contribution in [1.29, 1.82) is 0 Å². The minimum atomic E-state index is -0.999. The lowest BCUT2D eigenvalue weighted by Crippen LogP contribution is -2.25. The molecule has 0 radical (unpaired) electrons. The van der Waals surface area contributed by atoms with Crippen LogP contribution >= 0.6 is 0 Å². The molecule has 0 amide bonds. The lowest BCUT2D eigenvalue weighted by atomic mass is 10.0. The van der Waals surface area contributed by atoms with E-state index < -0.39 is 17.0 Å². The van der Waals surface area contributed by atoms with E-state index >= 15 is 0 Å². The van der Waals surface area contributed by atoms with Gasteiger partial charge in [0.1, 0.15) is 0 Å². The topological polar surface area (TPSA) is 89.8 Å². The number of anilines is 1. The van der Waals surface area contributed by atoms with Crippen LogP contribution in [0.15, 0.2) is 36.4 Å². The fraction of sp³-hybridized carbons (Fsp3) is 0.333. The molecule has 0 bridgehead atoms. The number of benzene rings is 2. The maximum atomic E-state index is 12.7. The minimum absolute atomic E-state index is 0.0489. The Kier molecular flexibility index (Phi) is 5.44. The molecule has 0 heterocycles. The Morgan fingerprint density at radius 1 is 1.11 bits per heavy atom. The van der Waals surface area contributed by atoms with Crippen molar-refractivity contribution < 1.29 is 19.2 Å². The van der Waals surface area contributed by atoms with Crippen LogP contribution in [0.1, 0.15) is 45.2 Å². The predicted molar refractivity (Wildman–Crippen MR) is 105 cm³/mol. The molecule has 0 N–H and O–H groups in total. The zero-order chi connectivity index (χ0) is 20.4. The number of nitrogens with zero attached hydrogens (tertiary/aromatic N) is 2. The normalized spacial score (nSPS) is 13.5. The molecule has 1 aliphatic carbocycles. The molecule has 28 heavy (non-hydrogen) atoms. The van der Waals surface area contributed by atoms with Crippen LogP contribution in [0.25, 0.3) is 0 Å². The Labute approximate surface area is 163 Å². The number of ether oxygens (including phenoxy) is 1. The number of hydrogen-bond acceptors (Lipinski definition) is 6. The second-order valence-electron chi connectivity index (χ2n) is 7.10. The quantitative estimate of drug-likeness (QED) is 0.328. The maximum Gasteiger partial charge on any atom is 0.341 e. The van der Waals surface area contributed by atoms with E-state index in [1.165, 1.54) is 30.7 Å². The van der Waals surface area contributed by atoms with E-state index in [9.17, 15) is 19.7 Å². The van der Waals surface area contributed by atoms with Crippen molar-refractivity contribution in [3.05, 3.63) is 68.8 Å². The van der Waals surface area contributed by atoms with Crippen molar-refractivity contribution in [2.75, 3.05) is 19.0 Å². The summed E-state index contributed by atoms with van der Waals surface area (Å²) in [5, 5.41) is 11.1. The molecule has 3 rings (SSSR count). The molecule has 2 aromatic carbocycles. The van der Waals surface area contributed by atoms with Crippen LogP contribution in [0.2, 0.25) is 0 Å². The molecule has 0 saturated carbocycles. The lowest BCUT2D eigenvalue weighted by molar-refractivity contribution is -0.384. The molecule has 0 fully saturated rings. The van der Waals surface area contributed by atoms with Crippen molar-refractivity contribution in [1.82, 2.24) is 0 Å². The van der Waals surface area contributed by atoms with Gasteiger partial charge in [-0.2, -0.15) is 0 Å². The molecule has 0 aliphatic heterocycles. The van der Waals surface area contributed by atoms with Gasteiger partial charge in [-0.25, -0.2) is 4.79 Å². The molecular formula is C21H22N2O5. The first kappa shape index (κ1) is 19.5. The summed E-state index contributed by atoms with van der Waals surface area (Å²) in [6.45, 7) is 1.51. The summed E-state index contributed by atoms with van der Waals surface area (Å²) in [5.41, 5.74) is 3.25. The fourth-order valence-corrected chi connectivity index (χ4v) is 3.43. The Hall–Kier alpha value is -3.22. The fourth-order valence-electron chi connectivity index (χ4n) is 3.43. The van der Waals surface area contributed by atoms with Crippen LogP contribution in [0.5, 0.6) is 0 Å². The molecule has 0 aromatic heterocycles. The zero-order valence-electron chi connectivity index (χ0n) is 16.1. The van der Waals surface area contributed by atoms with Gasteiger partial charge in [0.05, 0.1) is 16.2 Å². The van der Waals surface area contributed by atoms with Gasteiger partial charge in [0.2, 0.25) is 5.78 Å². The molecule has 0 saturated heterocycles. The van der Waals surface area contributed by atoms with Gasteiger partial charge in [-0.05, 0) is 49.4 Å². The highest BCUT2D eigenvalue weighted by Crippen LogP contribution is 2.26. The SMILES string of the molecule is C[C@@H](OC(=O)c1cc([N+](=O)[O-])ccc1N(C)C)C(=O)c1ccc2c(c1)CCC2. The summed E-state index contributed by atoms with van der Waals surface area (Å²) in [7, 11) is 3.44. The van der Waals surface area contributed by atoms with Crippen LogP contribution in [0, 0.1) is 10.1 Å². The van der Waals surface area contributed by atoms with Crippen molar-refractivity contribution in [2.45, 2.75) is 32.3 Å². The minimum Gasteiger partial charge on any atom is -0.451 e. The molecule has 146 valence electrons. The summed E-state index contributed by atoms with van der Waals surface area (Å²) in [6.07, 6.45) is 2.05. The van der Waals surface area contributed by atoms with Crippen LogP contribution in [0.4, 0.5) is 11.4 Å². The third kappa shape index (κ3) is 3.88. The summed E-state index contributed by atoms with van der Waals surface area (Å²) in [5.74, 6) is -1.06. The Bertz CT molecular complexity index is 952. The molecule has 7 nitrogen and oxygen atoms in total. The van der Waals surface area contributed by atoms with E-state index in [0.29, 0.717) is 11.3 Å². The molecule has 0 spiro atoms. The third-order valence-electron chi connectivity index (χ3n) is 4.93. The van der Waals surface area contributed by atoms with E-state index in [0.717, 1.165) is 24.8 Å². The number of non-ortho nitro benzene ring substituents is 1. The van der Waals surface area contributed by atoms with Gasteiger partial charge in [0.15, 0.2) is 6.10 Å². The van der Waals surface area contributed by atoms with Gasteiger partial charge in [0.25, 0.3) is 5.69 Å². The van der Waals surface area contributed by atoms with Crippen LogP contribution in [0.3, 0.4) is 0 Å². The van der Waals surface area contributed by atoms with E-state index in [1.54, 1.807) is 25.1 Å². The predicted octanol–water partition coefficient (Wildman–Crippen LogP) is 3.58. The molecule has 1 atom stereocenters. The van der Waals surface area contributed by atoms with Gasteiger partial charge >= 0.3 is 5.97 Å². The first-order chi connectivity index (χ1) is 13.3. The van der Waals surface area contributed by atoms with Crippen LogP contribution < -0.4 is 4.90 Å². The number of nitro groups is 1. The monoisotopic (exact) mass is 382 g/mol. The number of ketones is 1. The third-order valence-corrected chi connectivity index (χ3v) is 4.93. The highest BCUT2D eigenvalue weighted by Gasteiger charge is 2.25. The molecule has 2 aromatic rings. The Morgan fingerprint density at radius 2 is 1.82 bits per heavy atom. The number of aryl methyl sites for hydroxylation is 2. The highest BCUT2D eigenvalue weighted by molar-refractivity contribution is 6.03. The number of Topliss-reactive ketones (excluding diaryl/α,β-unsaturated/α-hetero) is 1. The van der Waals surface area contributed by atoms with Gasteiger partial charge in [-0.3, -0.25) is 14.9 Å². The Morgan fingerprint density at radius 3 is 2.50 bits per heavy atom. The average molecular weight is 382 g/mol. The number of hydrogen-bond donors (Lipinski definition) is 0. The van der Waals surface area contributed by atoms with Crippen molar-refractivity contribution in [2.24, 2.45) is 0 Å². The van der Waals surface area contributed by atoms with E-state index in [2.05, 4.69) is 0 Å². The summed E-state index contributed by atoms with van der Waals surface area (Å²) in [4.78, 5) is 37.5. The number of carbonyl (C=O) groups excluding carboxylic acids is 2. The van der Waals surface area contributed by atoms with Gasteiger partial charge in [-0.15, -0.1) is 0 Å². The number of rotatable bonds is 6. The largest absolute Gasteiger partial charge is 0.451 e. The van der Waals surface area contributed by atoms with Gasteiger partial charge in [0, 0.05) is 31.8 Å². The van der Waals surface area contributed by atoms with Crippen molar-refractivity contribution in [3.8, 4) is 0 Å². The van der Waals surface area contributed by atoms with E-state index in [4.69, 9.17) is 4.74 Å². The zero-order valence-corrected chi connectivity index (χ0v) is 16.1. The highest BCUT2D eigenvalue weighted by atomic mass is 16.6. The summed E-state index contributed by atoms with van der Waals surface area (Å²) < 4.78 is 5.36. The summed E-state index contributed by atoms with van der Waals surface area (Å²) in [6, 6.07) is 9.56. The number of esters is 1. The first-order valence-corrected chi connectivity index (χ1v) is 9.10. The maximum absolute atomic E-state index is 12.7. The van der Waals surface area contributed by atoms with Gasteiger partial charge in [-0.1, -0.05) is 12.1 Å². The lowest BCUT2D eigenvalue weighted by Gasteiger charge is -2.18. The number of carbonyl (C=O) groups is 2. The van der Waals surface area contributed by atoms with Gasteiger partial charge < -0.3 is 9.64 Å². The van der Waals surface area contributed by atoms with Crippen molar-refractivity contribution in [3.63, 3.8) is 0 Å². The van der Waals surface area contributed by atoms with Crippen molar-refractivity contribution >= 4 is 23.1 Å². The van der Waals surface area contributed by atoms with E-state index in [-0.39, 0.29) is 17.0 Å².